The maximum Gasteiger partial charge on any atom is 0.314 e. The van der Waals surface area contributed by atoms with Gasteiger partial charge in [-0.05, 0) is 37.5 Å². The number of carboxylic acid groups (broad SMARTS) is 1. The fraction of sp³-hybridized carbons (Fsp3) is 0.923. The molecule has 2 N–H and O–H groups in total. The van der Waals surface area contributed by atoms with Gasteiger partial charge in [-0.15, -0.1) is 0 Å². The average molecular weight is 242 g/mol. The smallest absolute Gasteiger partial charge is 0.314 e. The van der Waals surface area contributed by atoms with E-state index in [1.807, 2.05) is 0 Å². The molecule has 1 saturated heterocycles. The topological polar surface area (TPSA) is 66.8 Å². The van der Waals surface area contributed by atoms with Gasteiger partial charge in [0.15, 0.2) is 0 Å². The minimum absolute atomic E-state index is 0.0225. The monoisotopic (exact) mass is 242 g/mol. The lowest BCUT2D eigenvalue weighted by Gasteiger charge is -2.44. The first kappa shape index (κ1) is 12.8. The van der Waals surface area contributed by atoms with Gasteiger partial charge in [-0.1, -0.05) is 13.8 Å². The number of hydrogen-bond donors (Lipinski definition) is 2. The van der Waals surface area contributed by atoms with Crippen molar-refractivity contribution in [2.45, 2.75) is 51.6 Å². The van der Waals surface area contributed by atoms with Crippen LogP contribution in [0.1, 0.15) is 46.0 Å². The number of rotatable bonds is 2. The third kappa shape index (κ3) is 1.97. The predicted molar refractivity (Wildman–Crippen MR) is 62.7 cm³/mol. The van der Waals surface area contributed by atoms with Crippen molar-refractivity contribution >= 4 is 5.97 Å². The van der Waals surface area contributed by atoms with Crippen molar-refractivity contribution in [3.05, 3.63) is 0 Å². The molecule has 4 nitrogen and oxygen atoms in total. The van der Waals surface area contributed by atoms with Crippen LogP contribution in [0.15, 0.2) is 0 Å². The van der Waals surface area contributed by atoms with Crippen LogP contribution in [0.2, 0.25) is 0 Å². The molecule has 1 aliphatic carbocycles. The molecule has 0 aromatic carbocycles. The minimum atomic E-state index is -1.11. The number of carboxylic acids is 1. The van der Waals surface area contributed by atoms with Gasteiger partial charge in [0.05, 0.1) is 12.2 Å². The number of hydrogen-bond acceptors (Lipinski definition) is 3. The Morgan fingerprint density at radius 3 is 2.35 bits per heavy atom. The van der Waals surface area contributed by atoms with Crippen molar-refractivity contribution in [1.82, 2.24) is 0 Å². The van der Waals surface area contributed by atoms with Gasteiger partial charge in [0.25, 0.3) is 0 Å². The maximum atomic E-state index is 11.6. The van der Waals surface area contributed by atoms with E-state index in [1.165, 1.54) is 0 Å². The van der Waals surface area contributed by atoms with E-state index < -0.39 is 17.0 Å². The Morgan fingerprint density at radius 1 is 1.24 bits per heavy atom. The second-order valence-corrected chi connectivity index (χ2v) is 6.42. The molecule has 2 rings (SSSR count). The Hall–Kier alpha value is -0.610. The molecule has 1 heterocycles. The molecule has 2 aliphatic rings. The van der Waals surface area contributed by atoms with Gasteiger partial charge in [-0.3, -0.25) is 4.79 Å². The van der Waals surface area contributed by atoms with Crippen molar-refractivity contribution in [3.63, 3.8) is 0 Å². The highest BCUT2D eigenvalue weighted by atomic mass is 16.5. The molecule has 0 amide bonds. The number of aliphatic hydroxyl groups is 1. The third-order valence-corrected chi connectivity index (χ3v) is 4.53. The lowest BCUT2D eigenvalue weighted by Crippen LogP contribution is -2.56. The van der Waals surface area contributed by atoms with Crippen LogP contribution in [0.3, 0.4) is 0 Å². The van der Waals surface area contributed by atoms with E-state index in [0.717, 1.165) is 12.8 Å². The molecular formula is C13H22O4. The molecule has 0 bridgehead atoms. The zero-order valence-electron chi connectivity index (χ0n) is 10.7. The highest BCUT2D eigenvalue weighted by Gasteiger charge is 2.60. The van der Waals surface area contributed by atoms with Crippen molar-refractivity contribution in [3.8, 4) is 0 Å². The highest BCUT2D eigenvalue weighted by molar-refractivity contribution is 5.77. The van der Waals surface area contributed by atoms with Crippen molar-refractivity contribution in [2.75, 3.05) is 13.2 Å². The van der Waals surface area contributed by atoms with E-state index in [9.17, 15) is 15.0 Å². The van der Waals surface area contributed by atoms with Gasteiger partial charge in [0, 0.05) is 6.61 Å². The van der Waals surface area contributed by atoms with Gasteiger partial charge in [0.1, 0.15) is 5.41 Å². The molecule has 0 radical (unpaired) electrons. The Bertz CT molecular complexity index is 317. The van der Waals surface area contributed by atoms with E-state index >= 15 is 0 Å². The second kappa shape index (κ2) is 3.95. The number of aliphatic carboxylic acids is 1. The van der Waals surface area contributed by atoms with Crippen LogP contribution < -0.4 is 0 Å². The standard InChI is InChI=1S/C13H22O4/c1-11(2)5-6-13(16,8-11)12(10(14)15)4-3-7-17-9-12/h16H,3-9H2,1-2H3,(H,14,15). The first-order chi connectivity index (χ1) is 7.81. The summed E-state index contributed by atoms with van der Waals surface area (Å²) in [5, 5.41) is 20.4. The molecule has 1 saturated carbocycles. The second-order valence-electron chi connectivity index (χ2n) is 6.42. The molecule has 0 aromatic rings. The van der Waals surface area contributed by atoms with Crippen molar-refractivity contribution in [1.29, 1.82) is 0 Å². The molecule has 1 aliphatic heterocycles. The quantitative estimate of drug-likeness (QED) is 0.775. The number of carbonyl (C=O) groups is 1. The lowest BCUT2D eigenvalue weighted by molar-refractivity contribution is -0.189. The molecule has 98 valence electrons. The molecule has 4 heteroatoms. The summed E-state index contributed by atoms with van der Waals surface area (Å²) >= 11 is 0. The summed E-state index contributed by atoms with van der Waals surface area (Å²) in [7, 11) is 0. The van der Waals surface area contributed by atoms with E-state index in [-0.39, 0.29) is 12.0 Å². The van der Waals surface area contributed by atoms with E-state index in [1.54, 1.807) is 0 Å². The first-order valence-electron chi connectivity index (χ1n) is 6.35. The zero-order valence-corrected chi connectivity index (χ0v) is 10.7. The summed E-state index contributed by atoms with van der Waals surface area (Å²) in [6.07, 6.45) is 3.23. The zero-order chi connectivity index (χ0) is 12.7. The lowest BCUT2D eigenvalue weighted by atomic mass is 9.66. The summed E-state index contributed by atoms with van der Waals surface area (Å²) in [4.78, 5) is 11.6. The first-order valence-corrected chi connectivity index (χ1v) is 6.35. The fourth-order valence-corrected chi connectivity index (χ4v) is 3.45. The highest BCUT2D eigenvalue weighted by Crippen LogP contribution is 2.54. The summed E-state index contributed by atoms with van der Waals surface area (Å²) in [6.45, 7) is 4.93. The molecule has 2 fully saturated rings. The number of ether oxygens (including phenoxy) is 1. The van der Waals surface area contributed by atoms with Crippen LogP contribution in [-0.4, -0.2) is 35.0 Å². The Balaban J connectivity index is 2.30. The molecule has 0 spiro atoms. The van der Waals surface area contributed by atoms with Gasteiger partial charge in [-0.25, -0.2) is 0 Å². The molecule has 2 unspecified atom stereocenters. The molecule has 2 atom stereocenters. The minimum Gasteiger partial charge on any atom is -0.481 e. The van der Waals surface area contributed by atoms with Crippen LogP contribution in [0.25, 0.3) is 0 Å². The van der Waals surface area contributed by atoms with Gasteiger partial charge in [0.2, 0.25) is 0 Å². The van der Waals surface area contributed by atoms with Gasteiger partial charge in [-0.2, -0.15) is 0 Å². The van der Waals surface area contributed by atoms with Crippen LogP contribution in [0.4, 0.5) is 0 Å². The van der Waals surface area contributed by atoms with Crippen LogP contribution in [0.5, 0.6) is 0 Å². The predicted octanol–water partition coefficient (Wildman–Crippen LogP) is 1.81. The van der Waals surface area contributed by atoms with Crippen LogP contribution >= 0.6 is 0 Å². The summed E-state index contributed by atoms with van der Waals surface area (Å²) in [5.74, 6) is -0.905. The normalized spacial score (nSPS) is 41.4. The maximum absolute atomic E-state index is 11.6. The molecule has 0 aromatic heterocycles. The fourth-order valence-electron chi connectivity index (χ4n) is 3.45. The van der Waals surface area contributed by atoms with E-state index in [2.05, 4.69) is 13.8 Å². The summed E-state index contributed by atoms with van der Waals surface area (Å²) < 4.78 is 5.35. The Kier molecular flexibility index (Phi) is 2.99. The van der Waals surface area contributed by atoms with E-state index in [0.29, 0.717) is 25.9 Å². The van der Waals surface area contributed by atoms with Crippen molar-refractivity contribution < 1.29 is 19.7 Å². The van der Waals surface area contributed by atoms with Gasteiger partial charge < -0.3 is 14.9 Å². The molecular weight excluding hydrogens is 220 g/mol. The Labute approximate surface area is 102 Å². The summed E-state index contributed by atoms with van der Waals surface area (Å²) in [6, 6.07) is 0. The van der Waals surface area contributed by atoms with Gasteiger partial charge >= 0.3 is 5.97 Å². The summed E-state index contributed by atoms with van der Waals surface area (Å²) in [5.41, 5.74) is -2.18. The SMILES string of the molecule is CC1(C)CCC(O)(C2(C(=O)O)CCCOC2)C1. The molecule has 17 heavy (non-hydrogen) atoms. The van der Waals surface area contributed by atoms with Crippen LogP contribution in [-0.2, 0) is 9.53 Å². The van der Waals surface area contributed by atoms with Crippen LogP contribution in [0, 0.1) is 10.8 Å². The van der Waals surface area contributed by atoms with E-state index in [4.69, 9.17) is 4.74 Å². The average Bonchev–Trinajstić information content (AvgIpc) is 2.55. The van der Waals surface area contributed by atoms with Crippen molar-refractivity contribution in [2.24, 2.45) is 10.8 Å². The Morgan fingerprint density at radius 2 is 1.94 bits per heavy atom. The largest absolute Gasteiger partial charge is 0.481 e. The third-order valence-electron chi connectivity index (χ3n) is 4.53.